The lowest BCUT2D eigenvalue weighted by molar-refractivity contribution is 1.27. The molecule has 0 saturated carbocycles. The fourth-order valence-corrected chi connectivity index (χ4v) is 9.50. The molecule has 242 valence electrons. The van der Waals surface area contributed by atoms with Gasteiger partial charge >= 0.3 is 0 Å². The maximum atomic E-state index is 5.40. The van der Waals surface area contributed by atoms with Crippen LogP contribution >= 0.6 is 11.3 Å². The lowest BCUT2D eigenvalue weighted by Gasteiger charge is -2.15. The first-order valence-electron chi connectivity index (χ1n) is 17.7. The number of pyridine rings is 1. The number of hydrogen-bond donors (Lipinski definition) is 0. The Balaban J connectivity index is 1.17. The molecule has 11 rings (SSSR count). The molecule has 0 aliphatic carbocycles. The number of fused-ring (bicyclic) bond motifs is 10. The Kier molecular flexibility index (Phi) is 6.46. The topological polar surface area (TPSA) is 17.3 Å². The highest BCUT2D eigenvalue weighted by molar-refractivity contribution is 7.26. The van der Waals surface area contributed by atoms with Gasteiger partial charge in [0.25, 0.3) is 0 Å². The first kappa shape index (κ1) is 29.2. The summed E-state index contributed by atoms with van der Waals surface area (Å²) in [6.07, 6.45) is 0. The molecule has 0 fully saturated rings. The van der Waals surface area contributed by atoms with Gasteiger partial charge in [-0.2, -0.15) is 0 Å². The van der Waals surface area contributed by atoms with Crippen LogP contribution in [-0.4, -0.2) is 9.38 Å². The van der Waals surface area contributed by atoms with Crippen molar-refractivity contribution in [3.8, 4) is 44.8 Å². The van der Waals surface area contributed by atoms with E-state index < -0.39 is 0 Å². The third-order valence-electron chi connectivity index (χ3n) is 10.6. The quantitative estimate of drug-likeness (QED) is 0.169. The van der Waals surface area contributed by atoms with Crippen LogP contribution in [0.15, 0.2) is 182 Å². The number of hydrogen-bond acceptors (Lipinski definition) is 2. The summed E-state index contributed by atoms with van der Waals surface area (Å²) in [7, 11) is 0. The molecule has 2 nitrogen and oxygen atoms in total. The summed E-state index contributed by atoms with van der Waals surface area (Å²) in [6, 6.07) is 66.0. The second kappa shape index (κ2) is 11.5. The Bertz CT molecular complexity index is 3170. The van der Waals surface area contributed by atoms with Crippen LogP contribution < -0.4 is 0 Å². The molecule has 3 aromatic heterocycles. The maximum absolute atomic E-state index is 5.40. The number of rotatable bonds is 4. The Morgan fingerprint density at radius 3 is 1.79 bits per heavy atom. The zero-order valence-corrected chi connectivity index (χ0v) is 28.9. The van der Waals surface area contributed by atoms with Gasteiger partial charge in [-0.1, -0.05) is 164 Å². The van der Waals surface area contributed by atoms with Gasteiger partial charge in [-0.25, -0.2) is 4.98 Å². The van der Waals surface area contributed by atoms with Crippen molar-refractivity contribution in [2.24, 2.45) is 0 Å². The second-order valence-corrected chi connectivity index (χ2v) is 14.5. The molecule has 0 amide bonds. The van der Waals surface area contributed by atoms with Crippen LogP contribution in [0.25, 0.3) is 103 Å². The third-order valence-corrected chi connectivity index (χ3v) is 11.8. The highest BCUT2D eigenvalue weighted by Gasteiger charge is 2.21. The Hall–Kier alpha value is -6.55. The van der Waals surface area contributed by atoms with E-state index in [1.165, 1.54) is 64.0 Å². The van der Waals surface area contributed by atoms with E-state index in [1.807, 2.05) is 11.3 Å². The Morgan fingerprint density at radius 1 is 0.385 bits per heavy atom. The zero-order chi connectivity index (χ0) is 34.2. The van der Waals surface area contributed by atoms with E-state index in [0.717, 1.165) is 39.1 Å². The lowest BCUT2D eigenvalue weighted by atomic mass is 9.91. The van der Waals surface area contributed by atoms with Gasteiger partial charge in [0.05, 0.1) is 16.9 Å². The molecule has 0 radical (unpaired) electrons. The summed E-state index contributed by atoms with van der Waals surface area (Å²) >= 11 is 1.89. The predicted molar refractivity (Wildman–Crippen MR) is 222 cm³/mol. The van der Waals surface area contributed by atoms with Gasteiger partial charge in [-0.05, 0) is 51.0 Å². The number of thiophene rings is 1. The minimum atomic E-state index is 0.971. The molecule has 0 unspecified atom stereocenters. The van der Waals surface area contributed by atoms with Crippen LogP contribution in [0.4, 0.5) is 0 Å². The average molecular weight is 679 g/mol. The largest absolute Gasteiger partial charge is 0.291 e. The van der Waals surface area contributed by atoms with Gasteiger partial charge in [-0.3, -0.25) is 4.40 Å². The summed E-state index contributed by atoms with van der Waals surface area (Å²) < 4.78 is 5.05. The number of benzene rings is 8. The predicted octanol–water partition coefficient (Wildman–Crippen LogP) is 13.8. The number of aromatic nitrogens is 2. The summed E-state index contributed by atoms with van der Waals surface area (Å²) in [5.41, 5.74) is 11.4. The molecule has 3 heteroatoms. The Morgan fingerprint density at radius 2 is 1.00 bits per heavy atom. The van der Waals surface area contributed by atoms with Crippen molar-refractivity contribution < 1.29 is 0 Å². The smallest absolute Gasteiger partial charge is 0.146 e. The second-order valence-electron chi connectivity index (χ2n) is 13.5. The maximum Gasteiger partial charge on any atom is 0.146 e. The summed E-state index contributed by atoms with van der Waals surface area (Å²) in [5.74, 6) is 0. The highest BCUT2D eigenvalue weighted by atomic mass is 32.1. The monoisotopic (exact) mass is 678 g/mol. The molecule has 0 aliphatic rings. The van der Waals surface area contributed by atoms with E-state index in [9.17, 15) is 0 Å². The molecule has 0 N–H and O–H groups in total. The van der Waals surface area contributed by atoms with E-state index in [1.54, 1.807) is 0 Å². The first-order valence-corrected chi connectivity index (χ1v) is 18.5. The van der Waals surface area contributed by atoms with Crippen LogP contribution in [-0.2, 0) is 0 Å². The highest BCUT2D eigenvalue weighted by Crippen LogP contribution is 2.45. The van der Waals surface area contributed by atoms with Crippen molar-refractivity contribution in [3.63, 3.8) is 0 Å². The van der Waals surface area contributed by atoms with Crippen molar-refractivity contribution in [1.29, 1.82) is 0 Å². The molecule has 0 bridgehead atoms. The molecule has 11 aromatic rings. The van der Waals surface area contributed by atoms with E-state index in [4.69, 9.17) is 4.98 Å². The van der Waals surface area contributed by atoms with Gasteiger partial charge in [-0.15, -0.1) is 11.3 Å². The van der Waals surface area contributed by atoms with Crippen LogP contribution in [0, 0.1) is 0 Å². The van der Waals surface area contributed by atoms with Gasteiger partial charge in [0.2, 0.25) is 0 Å². The van der Waals surface area contributed by atoms with Gasteiger partial charge in [0, 0.05) is 47.6 Å². The SMILES string of the molecule is c1ccc(-c2nc3c4ccccc4c4cc(-c5ccc(-c6cccc7c6sc6ccccc67)c6ccccc56)ccc4n3c2-c2ccccc2)cc1. The van der Waals surface area contributed by atoms with E-state index >= 15 is 0 Å². The van der Waals surface area contributed by atoms with Crippen molar-refractivity contribution in [2.75, 3.05) is 0 Å². The summed E-state index contributed by atoms with van der Waals surface area (Å²) in [4.78, 5) is 5.40. The summed E-state index contributed by atoms with van der Waals surface area (Å²) in [5, 5.41) is 8.71. The van der Waals surface area contributed by atoms with Crippen molar-refractivity contribution in [2.45, 2.75) is 0 Å². The van der Waals surface area contributed by atoms with Crippen LogP contribution in [0.1, 0.15) is 0 Å². The fraction of sp³-hybridized carbons (Fsp3) is 0. The molecule has 0 atom stereocenters. The molecule has 0 aliphatic heterocycles. The minimum Gasteiger partial charge on any atom is -0.291 e. The van der Waals surface area contributed by atoms with Crippen LogP contribution in [0.5, 0.6) is 0 Å². The third kappa shape index (κ3) is 4.33. The Labute approximate surface area is 304 Å². The first-order chi connectivity index (χ1) is 25.8. The molecule has 8 aromatic carbocycles. The van der Waals surface area contributed by atoms with Crippen LogP contribution in [0.3, 0.4) is 0 Å². The summed E-state index contributed by atoms with van der Waals surface area (Å²) in [6.45, 7) is 0. The fourth-order valence-electron chi connectivity index (χ4n) is 8.27. The zero-order valence-electron chi connectivity index (χ0n) is 28.1. The average Bonchev–Trinajstić information content (AvgIpc) is 3.81. The lowest BCUT2D eigenvalue weighted by Crippen LogP contribution is -1.95. The van der Waals surface area contributed by atoms with E-state index in [0.29, 0.717) is 0 Å². The molecule has 3 heterocycles. The van der Waals surface area contributed by atoms with Gasteiger partial charge in [0.15, 0.2) is 0 Å². The minimum absolute atomic E-state index is 0.971. The van der Waals surface area contributed by atoms with Crippen LogP contribution in [0.2, 0.25) is 0 Å². The molecular formula is C49H30N2S. The number of nitrogens with zero attached hydrogens (tertiary/aromatic N) is 2. The van der Waals surface area contributed by atoms with Crippen molar-refractivity contribution in [1.82, 2.24) is 9.38 Å². The molecule has 0 spiro atoms. The van der Waals surface area contributed by atoms with Crippen molar-refractivity contribution in [3.05, 3.63) is 182 Å². The number of imidazole rings is 1. The standard InChI is InChI=1S/C49H30N2S/c1-3-14-31(15-4-1)46-47(32-16-5-2-6-17-32)51-44-29-26-33(30-43(44)37-20-9-10-22-42(37)49(51)50-46)34-27-28-38(36-19-8-7-18-35(34)36)40-23-13-24-41-39-21-11-12-25-45(39)52-48(40)41/h1-30H. The van der Waals surface area contributed by atoms with E-state index in [2.05, 4.69) is 186 Å². The van der Waals surface area contributed by atoms with E-state index in [-0.39, 0.29) is 0 Å². The van der Waals surface area contributed by atoms with Crippen molar-refractivity contribution >= 4 is 69.6 Å². The molecular weight excluding hydrogens is 649 g/mol. The van der Waals surface area contributed by atoms with Gasteiger partial charge in [0.1, 0.15) is 5.65 Å². The molecule has 52 heavy (non-hydrogen) atoms. The van der Waals surface area contributed by atoms with Gasteiger partial charge < -0.3 is 0 Å². The molecule has 0 saturated heterocycles. The normalized spacial score (nSPS) is 11.8.